The summed E-state index contributed by atoms with van der Waals surface area (Å²) < 4.78 is 9.02. The summed E-state index contributed by atoms with van der Waals surface area (Å²) in [5, 5.41) is 2.33. The Hall–Kier alpha value is -7.89. The lowest BCUT2D eigenvalue weighted by Crippen LogP contribution is -2.24. The van der Waals surface area contributed by atoms with Crippen molar-refractivity contribution in [1.29, 1.82) is 0 Å². The lowest BCUT2D eigenvalue weighted by molar-refractivity contribution is 0.483. The van der Waals surface area contributed by atoms with Gasteiger partial charge in [-0.25, -0.2) is 4.98 Å². The highest BCUT2D eigenvalue weighted by Gasteiger charge is 2.31. The quantitative estimate of drug-likeness (QED) is 0.154. The molecule has 0 unspecified atom stereocenters. The number of pyridine rings is 1. The molecule has 0 amide bonds. The topological polar surface area (TPSA) is 33.5 Å². The fraction of sp³-hybridized carbons (Fsp3) is 0.0536. The first kappa shape index (κ1) is 36.2. The molecule has 1 aliphatic rings. The molecule has 10 aromatic rings. The van der Waals surface area contributed by atoms with Crippen LogP contribution < -0.4 is 14.5 Å². The van der Waals surface area contributed by atoms with E-state index in [1.807, 2.05) is 12.3 Å². The minimum absolute atomic E-state index is 0.633. The molecule has 11 rings (SSSR count). The molecular formula is C56H42N4O. The molecular weight excluding hydrogens is 745 g/mol. The van der Waals surface area contributed by atoms with E-state index in [0.717, 1.165) is 56.4 Å². The normalized spacial score (nSPS) is 12.3. The first-order chi connectivity index (χ1) is 30.1. The molecule has 5 nitrogen and oxygen atoms in total. The van der Waals surface area contributed by atoms with Crippen LogP contribution in [0.3, 0.4) is 0 Å². The number of aromatic nitrogens is 2. The summed E-state index contributed by atoms with van der Waals surface area (Å²) in [5.41, 5.74) is 16.1. The summed E-state index contributed by atoms with van der Waals surface area (Å²) in [5.74, 6) is 2.40. The molecule has 61 heavy (non-hydrogen) atoms. The van der Waals surface area contributed by atoms with Crippen molar-refractivity contribution < 1.29 is 4.74 Å². The van der Waals surface area contributed by atoms with Gasteiger partial charge < -0.3 is 14.5 Å². The summed E-state index contributed by atoms with van der Waals surface area (Å²) >= 11 is 0. The van der Waals surface area contributed by atoms with E-state index in [1.54, 1.807) is 0 Å². The summed E-state index contributed by atoms with van der Waals surface area (Å²) in [6.07, 6.45) is 2.00. The molecule has 0 aliphatic carbocycles. The van der Waals surface area contributed by atoms with Crippen molar-refractivity contribution in [3.63, 3.8) is 0 Å². The Labute approximate surface area is 356 Å². The summed E-state index contributed by atoms with van der Waals surface area (Å²) in [6.45, 7) is 4.91. The van der Waals surface area contributed by atoms with E-state index in [4.69, 9.17) is 9.72 Å². The highest BCUT2D eigenvalue weighted by Crippen LogP contribution is 2.50. The van der Waals surface area contributed by atoms with Crippen molar-refractivity contribution in [3.8, 4) is 50.7 Å². The van der Waals surface area contributed by atoms with Gasteiger partial charge in [-0.05, 0) is 84.6 Å². The van der Waals surface area contributed by atoms with Crippen LogP contribution in [0.4, 0.5) is 22.7 Å². The van der Waals surface area contributed by atoms with Gasteiger partial charge in [0.1, 0.15) is 24.0 Å². The first-order valence-electron chi connectivity index (χ1n) is 20.8. The molecule has 0 saturated heterocycles. The second-order valence-electron chi connectivity index (χ2n) is 15.8. The SMILES string of the molecule is Cc1ccc(-c2cnc(-n3c4ccccc4c4ccc(Oc5cccc(N6CN(c7c(-c8ccccc8)cccc7-c7ccccc7)c7ccccc76)c5)cc43)cc2C)cc1. The average molecular weight is 787 g/mol. The Morgan fingerprint density at radius 1 is 0.459 bits per heavy atom. The van der Waals surface area contributed by atoms with Crippen molar-refractivity contribution in [2.45, 2.75) is 13.8 Å². The molecule has 5 heteroatoms. The van der Waals surface area contributed by atoms with Gasteiger partial charge in [0, 0.05) is 51.5 Å². The second-order valence-corrected chi connectivity index (χ2v) is 15.8. The lowest BCUT2D eigenvalue weighted by Gasteiger charge is -2.27. The average Bonchev–Trinajstić information content (AvgIpc) is 3.86. The van der Waals surface area contributed by atoms with Crippen molar-refractivity contribution in [3.05, 3.63) is 218 Å². The molecule has 0 atom stereocenters. The zero-order valence-corrected chi connectivity index (χ0v) is 34.0. The van der Waals surface area contributed by atoms with E-state index >= 15 is 0 Å². The number of hydrogen-bond acceptors (Lipinski definition) is 4. The van der Waals surface area contributed by atoms with Crippen molar-refractivity contribution in [2.75, 3.05) is 16.5 Å². The maximum atomic E-state index is 6.76. The lowest BCUT2D eigenvalue weighted by atomic mass is 9.95. The predicted molar refractivity (Wildman–Crippen MR) is 253 cm³/mol. The van der Waals surface area contributed by atoms with Gasteiger partial charge in [-0.3, -0.25) is 4.57 Å². The molecule has 2 aromatic heterocycles. The summed E-state index contributed by atoms with van der Waals surface area (Å²) in [4.78, 5) is 9.90. The van der Waals surface area contributed by atoms with Crippen LogP contribution in [0.15, 0.2) is 206 Å². The number of nitrogens with zero attached hydrogens (tertiary/aromatic N) is 4. The van der Waals surface area contributed by atoms with Crippen LogP contribution in [0.2, 0.25) is 0 Å². The highest BCUT2D eigenvalue weighted by molar-refractivity contribution is 6.09. The van der Waals surface area contributed by atoms with Crippen LogP contribution in [0.25, 0.3) is 61.0 Å². The smallest absolute Gasteiger partial charge is 0.137 e. The molecule has 0 radical (unpaired) electrons. The number of ether oxygens (including phenoxy) is 1. The maximum absolute atomic E-state index is 6.76. The van der Waals surface area contributed by atoms with Gasteiger partial charge in [0.2, 0.25) is 0 Å². The van der Waals surface area contributed by atoms with Crippen LogP contribution in [0.1, 0.15) is 11.1 Å². The largest absolute Gasteiger partial charge is 0.457 e. The predicted octanol–water partition coefficient (Wildman–Crippen LogP) is 14.8. The monoisotopic (exact) mass is 786 g/mol. The molecule has 8 aromatic carbocycles. The highest BCUT2D eigenvalue weighted by atomic mass is 16.5. The minimum atomic E-state index is 0.633. The Balaban J connectivity index is 0.957. The maximum Gasteiger partial charge on any atom is 0.137 e. The number of hydrogen-bond donors (Lipinski definition) is 0. The van der Waals surface area contributed by atoms with Gasteiger partial charge in [0.15, 0.2) is 0 Å². The van der Waals surface area contributed by atoms with Crippen molar-refractivity contribution in [2.24, 2.45) is 0 Å². The molecule has 0 N–H and O–H groups in total. The van der Waals surface area contributed by atoms with Gasteiger partial charge >= 0.3 is 0 Å². The number of rotatable bonds is 8. The van der Waals surface area contributed by atoms with E-state index < -0.39 is 0 Å². The van der Waals surface area contributed by atoms with Crippen LogP contribution in [0, 0.1) is 13.8 Å². The van der Waals surface area contributed by atoms with Crippen LogP contribution in [-0.2, 0) is 0 Å². The van der Waals surface area contributed by atoms with Gasteiger partial charge in [-0.15, -0.1) is 0 Å². The third-order valence-electron chi connectivity index (χ3n) is 11.9. The van der Waals surface area contributed by atoms with Gasteiger partial charge in [0.25, 0.3) is 0 Å². The minimum Gasteiger partial charge on any atom is -0.457 e. The van der Waals surface area contributed by atoms with Gasteiger partial charge in [-0.1, -0.05) is 145 Å². The van der Waals surface area contributed by atoms with Crippen molar-refractivity contribution in [1.82, 2.24) is 9.55 Å². The molecule has 0 bridgehead atoms. The number of fused-ring (bicyclic) bond motifs is 4. The Kier molecular flexibility index (Phi) is 8.93. The number of benzene rings is 8. The van der Waals surface area contributed by atoms with E-state index in [9.17, 15) is 0 Å². The number of aryl methyl sites for hydroxylation is 2. The number of anilines is 4. The van der Waals surface area contributed by atoms with Crippen LogP contribution in [0.5, 0.6) is 11.5 Å². The summed E-state index contributed by atoms with van der Waals surface area (Å²) in [6, 6.07) is 71.0. The fourth-order valence-corrected chi connectivity index (χ4v) is 8.97. The van der Waals surface area contributed by atoms with E-state index in [0.29, 0.717) is 6.67 Å². The number of para-hydroxylation sites is 4. The van der Waals surface area contributed by atoms with E-state index in [2.05, 4.69) is 222 Å². The molecule has 1 aliphatic heterocycles. The Bertz CT molecular complexity index is 3170. The van der Waals surface area contributed by atoms with E-state index in [1.165, 1.54) is 50.0 Å². The molecule has 0 fully saturated rings. The zero-order valence-electron chi connectivity index (χ0n) is 34.0. The molecule has 0 spiro atoms. The molecule has 292 valence electrons. The zero-order chi connectivity index (χ0) is 40.9. The fourth-order valence-electron chi connectivity index (χ4n) is 8.97. The van der Waals surface area contributed by atoms with Crippen LogP contribution in [-0.4, -0.2) is 16.2 Å². The summed E-state index contributed by atoms with van der Waals surface area (Å²) in [7, 11) is 0. The van der Waals surface area contributed by atoms with Crippen LogP contribution >= 0.6 is 0 Å². The van der Waals surface area contributed by atoms with Crippen molar-refractivity contribution >= 4 is 44.6 Å². The molecule has 3 heterocycles. The molecule has 0 saturated carbocycles. The third kappa shape index (κ3) is 6.48. The Morgan fingerprint density at radius 3 is 1.79 bits per heavy atom. The van der Waals surface area contributed by atoms with Gasteiger partial charge in [-0.2, -0.15) is 0 Å². The standard InChI is InChI=1S/C56H42N4O/c1-38-27-29-42(30-28-38)50-36-57-55(33-39(50)2)60-51-24-10-9-21-48(51)49-32-31-45(35-54(49)60)61-44-20-13-19-43(34-44)58-37-59(53-26-12-11-25-52(53)58)56-46(40-15-5-3-6-16-40)22-14-23-47(56)41-17-7-4-8-18-41/h3-36H,37H2,1-2H3. The first-order valence-corrected chi connectivity index (χ1v) is 20.8. The van der Waals surface area contributed by atoms with Gasteiger partial charge in [0.05, 0.1) is 28.1 Å². The van der Waals surface area contributed by atoms with E-state index in [-0.39, 0.29) is 0 Å². The third-order valence-corrected chi connectivity index (χ3v) is 11.9. The Morgan fingerprint density at radius 2 is 1.07 bits per heavy atom. The second kappa shape index (κ2) is 15.0.